The number of aromatic nitrogens is 1. The van der Waals surface area contributed by atoms with Gasteiger partial charge in [0.1, 0.15) is 0 Å². The fourth-order valence-corrected chi connectivity index (χ4v) is 2.31. The van der Waals surface area contributed by atoms with Gasteiger partial charge in [-0.15, -0.1) is 0 Å². The van der Waals surface area contributed by atoms with Crippen molar-refractivity contribution in [1.82, 2.24) is 9.71 Å². The summed E-state index contributed by atoms with van der Waals surface area (Å²) in [7, 11) is -2.11. The Bertz CT molecular complexity index is 360. The lowest BCUT2D eigenvalue weighted by atomic mass is 11.0. The average Bonchev–Trinajstić information content (AvgIpc) is 2.35. The Morgan fingerprint density at radius 1 is 1.67 bits per heavy atom. The van der Waals surface area contributed by atoms with Crippen molar-refractivity contribution in [3.8, 4) is 0 Å². The molecule has 0 saturated heterocycles. The second kappa shape index (κ2) is 3.69. The summed E-state index contributed by atoms with van der Waals surface area (Å²) in [4.78, 5) is 3.79. The second-order valence-corrected chi connectivity index (χ2v) is 5.81. The van der Waals surface area contributed by atoms with Gasteiger partial charge in [0.2, 0.25) is 0 Å². The number of hydrogen-bond donors (Lipinski definition) is 2. The molecule has 0 aliphatic rings. The molecule has 0 atom stereocenters. The summed E-state index contributed by atoms with van der Waals surface area (Å²) in [6, 6.07) is 0. The van der Waals surface area contributed by atoms with E-state index in [0.29, 0.717) is 5.13 Å². The molecule has 0 aromatic carbocycles. The number of halogens is 1. The normalized spacial score (nSPS) is 11.5. The van der Waals surface area contributed by atoms with E-state index >= 15 is 0 Å². The Morgan fingerprint density at radius 3 is 2.75 bits per heavy atom. The molecule has 8 heteroatoms. The first kappa shape index (κ1) is 9.90. The van der Waals surface area contributed by atoms with Crippen LogP contribution in [0.4, 0.5) is 5.13 Å². The van der Waals surface area contributed by atoms with Crippen LogP contribution in [-0.2, 0) is 10.2 Å². The van der Waals surface area contributed by atoms with Crippen LogP contribution in [0.25, 0.3) is 0 Å². The summed E-state index contributed by atoms with van der Waals surface area (Å²) >= 11 is 4.37. The van der Waals surface area contributed by atoms with Crippen LogP contribution in [0.15, 0.2) is 9.98 Å². The van der Waals surface area contributed by atoms with Gasteiger partial charge in [-0.2, -0.15) is 8.42 Å². The predicted octanol–water partition coefficient (Wildman–Crippen LogP) is 0.782. The van der Waals surface area contributed by atoms with Gasteiger partial charge in [-0.3, -0.25) is 0 Å². The van der Waals surface area contributed by atoms with Gasteiger partial charge in [-0.1, -0.05) is 11.3 Å². The van der Waals surface area contributed by atoms with Crippen LogP contribution in [0.5, 0.6) is 0 Å². The summed E-state index contributed by atoms with van der Waals surface area (Å²) in [6.45, 7) is 0. The third-order valence-electron chi connectivity index (χ3n) is 0.968. The van der Waals surface area contributed by atoms with Gasteiger partial charge >= 0.3 is 10.2 Å². The molecule has 0 aliphatic heterocycles. The van der Waals surface area contributed by atoms with Crippen LogP contribution in [-0.4, -0.2) is 20.4 Å². The van der Waals surface area contributed by atoms with Crippen molar-refractivity contribution in [1.29, 1.82) is 0 Å². The molecule has 0 bridgehead atoms. The number of anilines is 1. The van der Waals surface area contributed by atoms with E-state index in [1.807, 2.05) is 0 Å². The molecule has 1 aromatic heterocycles. The SMILES string of the molecule is CNS(=O)(=O)Nc1ncc(Br)s1. The van der Waals surface area contributed by atoms with Crippen molar-refractivity contribution in [3.63, 3.8) is 0 Å². The van der Waals surface area contributed by atoms with Crippen molar-refractivity contribution in [3.05, 3.63) is 9.98 Å². The number of rotatable bonds is 3. The summed E-state index contributed by atoms with van der Waals surface area (Å²) < 4.78 is 26.9. The van der Waals surface area contributed by atoms with Crippen molar-refractivity contribution in [2.45, 2.75) is 0 Å². The quantitative estimate of drug-likeness (QED) is 0.854. The van der Waals surface area contributed by atoms with Crippen molar-refractivity contribution >= 4 is 42.6 Å². The van der Waals surface area contributed by atoms with Gasteiger partial charge in [0.15, 0.2) is 5.13 Å². The molecule has 0 aliphatic carbocycles. The van der Waals surface area contributed by atoms with Crippen LogP contribution in [0.1, 0.15) is 0 Å². The molecule has 5 nitrogen and oxygen atoms in total. The van der Waals surface area contributed by atoms with Gasteiger partial charge in [0.25, 0.3) is 0 Å². The van der Waals surface area contributed by atoms with Crippen LogP contribution in [0.2, 0.25) is 0 Å². The molecule has 0 amide bonds. The molecule has 0 unspecified atom stereocenters. The maximum atomic E-state index is 10.9. The lowest BCUT2D eigenvalue weighted by Crippen LogP contribution is -2.26. The summed E-state index contributed by atoms with van der Waals surface area (Å²) in [5.74, 6) is 0. The minimum atomic E-state index is -3.43. The monoisotopic (exact) mass is 271 g/mol. The van der Waals surface area contributed by atoms with E-state index in [0.717, 1.165) is 3.79 Å². The highest BCUT2D eigenvalue weighted by Gasteiger charge is 2.08. The first-order valence-electron chi connectivity index (χ1n) is 2.86. The van der Waals surface area contributed by atoms with Gasteiger partial charge in [-0.25, -0.2) is 14.4 Å². The lowest BCUT2D eigenvalue weighted by molar-refractivity contribution is 0.593. The molecule has 0 radical (unpaired) electrons. The number of hydrogen-bond acceptors (Lipinski definition) is 4. The molecule has 12 heavy (non-hydrogen) atoms. The molecule has 0 saturated carbocycles. The molecule has 1 heterocycles. The van der Waals surface area contributed by atoms with Crippen molar-refractivity contribution in [2.24, 2.45) is 0 Å². The molecule has 1 rings (SSSR count). The Labute approximate surface area is 82.5 Å². The van der Waals surface area contributed by atoms with E-state index < -0.39 is 10.2 Å². The summed E-state index contributed by atoms with van der Waals surface area (Å²) in [5, 5.41) is 0.330. The van der Waals surface area contributed by atoms with Crippen LogP contribution in [0, 0.1) is 0 Å². The third kappa shape index (κ3) is 2.70. The van der Waals surface area contributed by atoms with E-state index in [4.69, 9.17) is 0 Å². The van der Waals surface area contributed by atoms with Gasteiger partial charge in [-0.05, 0) is 15.9 Å². The Morgan fingerprint density at radius 2 is 2.33 bits per heavy atom. The second-order valence-electron chi connectivity index (χ2n) is 1.78. The highest BCUT2D eigenvalue weighted by Crippen LogP contribution is 2.23. The van der Waals surface area contributed by atoms with Gasteiger partial charge in [0.05, 0.1) is 9.98 Å². The van der Waals surface area contributed by atoms with E-state index in [2.05, 4.69) is 30.4 Å². The van der Waals surface area contributed by atoms with Crippen LogP contribution < -0.4 is 9.44 Å². The maximum Gasteiger partial charge on any atom is 0.300 e. The molecule has 0 fully saturated rings. The molecular formula is C4H6BrN3O2S2. The molecule has 1 aromatic rings. The standard InChI is InChI=1S/C4H6BrN3O2S2/c1-6-12(9,10)8-4-7-2-3(5)11-4/h2,6H,1H3,(H,7,8). The van der Waals surface area contributed by atoms with Gasteiger partial charge in [0, 0.05) is 7.05 Å². The van der Waals surface area contributed by atoms with Crippen LogP contribution in [0.3, 0.4) is 0 Å². The lowest BCUT2D eigenvalue weighted by Gasteiger charge is -2.00. The highest BCUT2D eigenvalue weighted by molar-refractivity contribution is 9.11. The minimum Gasteiger partial charge on any atom is -0.246 e. The van der Waals surface area contributed by atoms with Crippen LogP contribution >= 0.6 is 27.3 Å². The number of thiazole rings is 1. The highest BCUT2D eigenvalue weighted by atomic mass is 79.9. The maximum absolute atomic E-state index is 10.9. The first-order chi connectivity index (χ1) is 5.53. The molecule has 0 spiro atoms. The molecular weight excluding hydrogens is 266 g/mol. The van der Waals surface area contributed by atoms with E-state index in [-0.39, 0.29) is 0 Å². The molecule has 68 valence electrons. The Kier molecular flexibility index (Phi) is 3.04. The average molecular weight is 272 g/mol. The predicted molar refractivity (Wildman–Crippen MR) is 51.4 cm³/mol. The zero-order chi connectivity index (χ0) is 9.19. The van der Waals surface area contributed by atoms with E-state index in [1.54, 1.807) is 0 Å². The van der Waals surface area contributed by atoms with Crippen molar-refractivity contribution < 1.29 is 8.42 Å². The Balaban J connectivity index is 2.77. The first-order valence-corrected chi connectivity index (χ1v) is 5.95. The fraction of sp³-hybridized carbons (Fsp3) is 0.250. The van der Waals surface area contributed by atoms with E-state index in [9.17, 15) is 8.42 Å². The fourth-order valence-electron chi connectivity index (χ4n) is 0.468. The Hall–Kier alpha value is -0.180. The number of nitrogens with one attached hydrogen (secondary N) is 2. The largest absolute Gasteiger partial charge is 0.300 e. The van der Waals surface area contributed by atoms with E-state index in [1.165, 1.54) is 24.6 Å². The van der Waals surface area contributed by atoms with Gasteiger partial charge < -0.3 is 0 Å². The zero-order valence-electron chi connectivity index (χ0n) is 6.04. The topological polar surface area (TPSA) is 71.1 Å². The zero-order valence-corrected chi connectivity index (χ0v) is 9.25. The smallest absolute Gasteiger partial charge is 0.246 e. The number of nitrogens with zero attached hydrogens (tertiary/aromatic N) is 1. The third-order valence-corrected chi connectivity index (χ3v) is 3.49. The van der Waals surface area contributed by atoms with Crippen molar-refractivity contribution in [2.75, 3.05) is 11.8 Å². The molecule has 2 N–H and O–H groups in total. The summed E-state index contributed by atoms with van der Waals surface area (Å²) in [6.07, 6.45) is 1.53. The summed E-state index contributed by atoms with van der Waals surface area (Å²) in [5.41, 5.74) is 0. The minimum absolute atomic E-state index is 0.330.